The van der Waals surface area contributed by atoms with E-state index >= 15 is 0 Å². The van der Waals surface area contributed by atoms with Crippen molar-refractivity contribution in [2.24, 2.45) is 5.92 Å². The van der Waals surface area contributed by atoms with E-state index in [4.69, 9.17) is 0 Å². The van der Waals surface area contributed by atoms with E-state index in [0.29, 0.717) is 17.9 Å². The molecule has 96 valence electrons. The predicted octanol–water partition coefficient (Wildman–Crippen LogP) is 4.04. The van der Waals surface area contributed by atoms with Gasteiger partial charge >= 0.3 is 0 Å². The zero-order valence-electron chi connectivity index (χ0n) is 12.2. The summed E-state index contributed by atoms with van der Waals surface area (Å²) in [4.78, 5) is 0. The first-order valence-electron chi connectivity index (χ1n) is 6.77. The molecule has 0 heterocycles. The maximum Gasteiger partial charge on any atom is 0.0156 e. The van der Waals surface area contributed by atoms with Crippen LogP contribution in [0.1, 0.15) is 50.3 Å². The molecule has 0 saturated carbocycles. The van der Waals surface area contributed by atoms with Gasteiger partial charge in [0.25, 0.3) is 0 Å². The molecule has 0 aliphatic carbocycles. The summed E-state index contributed by atoms with van der Waals surface area (Å²) in [5, 5.41) is 3.61. The van der Waals surface area contributed by atoms with Crippen molar-refractivity contribution in [2.75, 3.05) is 6.54 Å². The van der Waals surface area contributed by atoms with E-state index in [1.807, 2.05) is 0 Å². The summed E-state index contributed by atoms with van der Waals surface area (Å²) in [6.07, 6.45) is 0. The Morgan fingerprint density at radius 1 is 1.06 bits per heavy atom. The Bertz CT molecular complexity index is 355. The first-order chi connectivity index (χ1) is 7.97. The largest absolute Gasteiger partial charge is 0.313 e. The molecule has 0 bridgehead atoms. The SMILES string of the molecule is CCNC(C(C)C)C(C)c1ccc(C)c(C)c1. The molecular formula is C16H27N. The topological polar surface area (TPSA) is 12.0 Å². The van der Waals surface area contributed by atoms with Gasteiger partial charge in [-0.3, -0.25) is 0 Å². The number of aryl methyl sites for hydroxylation is 2. The Hall–Kier alpha value is -0.820. The highest BCUT2D eigenvalue weighted by Crippen LogP contribution is 2.25. The van der Waals surface area contributed by atoms with E-state index in [2.05, 4.69) is 65.1 Å². The lowest BCUT2D eigenvalue weighted by Gasteiger charge is -2.29. The third-order valence-corrected chi connectivity index (χ3v) is 3.75. The van der Waals surface area contributed by atoms with Gasteiger partial charge in [0, 0.05) is 6.04 Å². The summed E-state index contributed by atoms with van der Waals surface area (Å²) in [6, 6.07) is 7.42. The zero-order valence-corrected chi connectivity index (χ0v) is 12.2. The maximum atomic E-state index is 3.61. The normalized spacial score (nSPS) is 15.0. The molecule has 2 unspecified atom stereocenters. The lowest BCUT2D eigenvalue weighted by atomic mass is 9.85. The van der Waals surface area contributed by atoms with Crippen molar-refractivity contribution in [3.63, 3.8) is 0 Å². The Kier molecular flexibility index (Phi) is 5.20. The van der Waals surface area contributed by atoms with Crippen molar-refractivity contribution in [3.8, 4) is 0 Å². The molecule has 1 N–H and O–H groups in total. The summed E-state index contributed by atoms with van der Waals surface area (Å²) in [7, 11) is 0. The average molecular weight is 233 g/mol. The highest BCUT2D eigenvalue weighted by Gasteiger charge is 2.21. The highest BCUT2D eigenvalue weighted by molar-refractivity contribution is 5.32. The van der Waals surface area contributed by atoms with E-state index in [-0.39, 0.29) is 0 Å². The zero-order chi connectivity index (χ0) is 13.0. The highest BCUT2D eigenvalue weighted by atomic mass is 14.9. The van der Waals surface area contributed by atoms with Crippen LogP contribution in [0, 0.1) is 19.8 Å². The lowest BCUT2D eigenvalue weighted by Crippen LogP contribution is -2.38. The van der Waals surface area contributed by atoms with Crippen LogP contribution >= 0.6 is 0 Å². The molecule has 0 aliphatic heterocycles. The van der Waals surface area contributed by atoms with E-state index < -0.39 is 0 Å². The van der Waals surface area contributed by atoms with Crippen LogP contribution in [0.15, 0.2) is 18.2 Å². The molecule has 0 amide bonds. The van der Waals surface area contributed by atoms with Crippen LogP contribution in [0.25, 0.3) is 0 Å². The van der Waals surface area contributed by atoms with Crippen LogP contribution < -0.4 is 5.32 Å². The van der Waals surface area contributed by atoms with Gasteiger partial charge in [-0.1, -0.05) is 45.9 Å². The van der Waals surface area contributed by atoms with Crippen molar-refractivity contribution in [3.05, 3.63) is 34.9 Å². The van der Waals surface area contributed by atoms with Gasteiger partial charge in [-0.25, -0.2) is 0 Å². The van der Waals surface area contributed by atoms with Crippen molar-refractivity contribution in [1.29, 1.82) is 0 Å². The van der Waals surface area contributed by atoms with Gasteiger partial charge in [0.2, 0.25) is 0 Å². The molecule has 2 atom stereocenters. The van der Waals surface area contributed by atoms with Crippen molar-refractivity contribution < 1.29 is 0 Å². The molecule has 0 saturated heterocycles. The summed E-state index contributed by atoms with van der Waals surface area (Å²) >= 11 is 0. The fourth-order valence-corrected chi connectivity index (χ4v) is 2.48. The lowest BCUT2D eigenvalue weighted by molar-refractivity contribution is 0.360. The second-order valence-electron chi connectivity index (χ2n) is 5.46. The summed E-state index contributed by atoms with van der Waals surface area (Å²) in [6.45, 7) is 14.5. The molecule has 0 aliphatic rings. The summed E-state index contributed by atoms with van der Waals surface area (Å²) < 4.78 is 0. The minimum atomic E-state index is 0.558. The first-order valence-corrected chi connectivity index (χ1v) is 6.77. The quantitative estimate of drug-likeness (QED) is 0.809. The van der Waals surface area contributed by atoms with Gasteiger partial charge in [0.05, 0.1) is 0 Å². The molecule has 0 radical (unpaired) electrons. The van der Waals surface area contributed by atoms with Crippen LogP contribution in [-0.4, -0.2) is 12.6 Å². The second-order valence-corrected chi connectivity index (χ2v) is 5.46. The maximum absolute atomic E-state index is 3.61. The fourth-order valence-electron chi connectivity index (χ4n) is 2.48. The third kappa shape index (κ3) is 3.57. The number of nitrogens with one attached hydrogen (secondary N) is 1. The number of rotatable bonds is 5. The average Bonchev–Trinajstić information content (AvgIpc) is 2.28. The van der Waals surface area contributed by atoms with Crippen LogP contribution in [0.4, 0.5) is 0 Å². The minimum Gasteiger partial charge on any atom is -0.313 e. The Morgan fingerprint density at radius 3 is 2.18 bits per heavy atom. The minimum absolute atomic E-state index is 0.558. The molecule has 0 spiro atoms. The van der Waals surface area contributed by atoms with Gasteiger partial charge in [-0.15, -0.1) is 0 Å². The van der Waals surface area contributed by atoms with Crippen LogP contribution in [-0.2, 0) is 0 Å². The van der Waals surface area contributed by atoms with E-state index in [1.165, 1.54) is 16.7 Å². The van der Waals surface area contributed by atoms with Crippen molar-refractivity contribution >= 4 is 0 Å². The molecule has 0 fully saturated rings. The second kappa shape index (κ2) is 6.20. The molecule has 1 rings (SSSR count). The van der Waals surface area contributed by atoms with Crippen LogP contribution in [0.5, 0.6) is 0 Å². The van der Waals surface area contributed by atoms with Gasteiger partial charge in [0.1, 0.15) is 0 Å². The van der Waals surface area contributed by atoms with Crippen LogP contribution in [0.3, 0.4) is 0 Å². The fraction of sp³-hybridized carbons (Fsp3) is 0.625. The molecule has 1 nitrogen and oxygen atoms in total. The number of hydrogen-bond acceptors (Lipinski definition) is 1. The summed E-state index contributed by atoms with van der Waals surface area (Å²) in [5.41, 5.74) is 4.23. The molecular weight excluding hydrogens is 206 g/mol. The van der Waals surface area contributed by atoms with E-state index in [1.54, 1.807) is 0 Å². The predicted molar refractivity (Wildman–Crippen MR) is 76.6 cm³/mol. The number of benzene rings is 1. The third-order valence-electron chi connectivity index (χ3n) is 3.75. The Morgan fingerprint density at radius 2 is 1.71 bits per heavy atom. The number of likely N-dealkylation sites (N-methyl/N-ethyl adjacent to an activating group) is 1. The Labute approximate surface area is 107 Å². The smallest absolute Gasteiger partial charge is 0.0156 e. The molecule has 1 aromatic carbocycles. The molecule has 17 heavy (non-hydrogen) atoms. The first kappa shape index (κ1) is 14.2. The standard InChI is InChI=1S/C16H27N/c1-7-17-16(11(2)3)14(6)15-9-8-12(4)13(5)10-15/h8-11,14,16-17H,7H2,1-6H3. The monoisotopic (exact) mass is 233 g/mol. The van der Waals surface area contributed by atoms with Gasteiger partial charge in [0.15, 0.2) is 0 Å². The van der Waals surface area contributed by atoms with E-state index in [9.17, 15) is 0 Å². The number of hydrogen-bond donors (Lipinski definition) is 1. The van der Waals surface area contributed by atoms with Crippen LogP contribution in [0.2, 0.25) is 0 Å². The Balaban J connectivity index is 2.92. The van der Waals surface area contributed by atoms with Gasteiger partial charge < -0.3 is 5.32 Å². The summed E-state index contributed by atoms with van der Waals surface area (Å²) in [5.74, 6) is 1.22. The van der Waals surface area contributed by atoms with Crippen molar-refractivity contribution in [1.82, 2.24) is 5.32 Å². The van der Waals surface area contributed by atoms with Gasteiger partial charge in [-0.05, 0) is 48.9 Å². The van der Waals surface area contributed by atoms with Crippen molar-refractivity contribution in [2.45, 2.75) is 53.5 Å². The molecule has 0 aromatic heterocycles. The molecule has 1 aromatic rings. The van der Waals surface area contributed by atoms with Gasteiger partial charge in [-0.2, -0.15) is 0 Å². The molecule has 1 heteroatoms. The van der Waals surface area contributed by atoms with E-state index in [0.717, 1.165) is 6.54 Å².